The number of hydrogen-bond donors (Lipinski definition) is 0. The summed E-state index contributed by atoms with van der Waals surface area (Å²) in [7, 11) is 0. The number of piperazine rings is 1. The highest BCUT2D eigenvalue weighted by Crippen LogP contribution is 2.13. The van der Waals surface area contributed by atoms with Gasteiger partial charge in [-0.2, -0.15) is 0 Å². The van der Waals surface area contributed by atoms with Crippen molar-refractivity contribution in [3.05, 3.63) is 59.4 Å². The summed E-state index contributed by atoms with van der Waals surface area (Å²) in [6.07, 6.45) is 4.33. The van der Waals surface area contributed by atoms with Crippen LogP contribution in [0, 0.1) is 0 Å². The summed E-state index contributed by atoms with van der Waals surface area (Å²) < 4.78 is 1.98. The third kappa shape index (κ3) is 3.34. The van der Waals surface area contributed by atoms with E-state index in [4.69, 9.17) is 0 Å². The van der Waals surface area contributed by atoms with Gasteiger partial charge in [-0.05, 0) is 5.56 Å². The summed E-state index contributed by atoms with van der Waals surface area (Å²) in [6, 6.07) is 10.5. The first-order valence-electron chi connectivity index (χ1n) is 8.23. The fraction of sp³-hybridized carbons (Fsp3) is 0.333. The van der Waals surface area contributed by atoms with Gasteiger partial charge in [-0.25, -0.2) is 4.98 Å². The minimum Gasteiger partial charge on any atom is -0.340 e. The van der Waals surface area contributed by atoms with Crippen LogP contribution >= 0.6 is 11.3 Å². The lowest BCUT2D eigenvalue weighted by atomic mass is 10.2. The molecule has 0 spiro atoms. The normalized spacial score (nSPS) is 15.9. The van der Waals surface area contributed by atoms with Crippen LogP contribution < -0.4 is 0 Å². The van der Waals surface area contributed by atoms with E-state index in [9.17, 15) is 4.79 Å². The molecule has 24 heavy (non-hydrogen) atoms. The van der Waals surface area contributed by atoms with Crippen molar-refractivity contribution in [3.63, 3.8) is 0 Å². The van der Waals surface area contributed by atoms with Crippen molar-refractivity contribution in [3.8, 4) is 0 Å². The number of carbonyl (C=O) groups excluding carboxylic acids is 1. The van der Waals surface area contributed by atoms with E-state index in [0.717, 1.165) is 43.4 Å². The van der Waals surface area contributed by atoms with E-state index in [1.807, 2.05) is 33.1 Å². The molecule has 0 atom stereocenters. The van der Waals surface area contributed by atoms with E-state index >= 15 is 0 Å². The second kappa shape index (κ2) is 6.75. The summed E-state index contributed by atoms with van der Waals surface area (Å²) in [5.74, 6) is 0.181. The van der Waals surface area contributed by atoms with Gasteiger partial charge in [-0.1, -0.05) is 30.3 Å². The predicted molar refractivity (Wildman–Crippen MR) is 95.1 cm³/mol. The lowest BCUT2D eigenvalue weighted by molar-refractivity contribution is -0.132. The van der Waals surface area contributed by atoms with E-state index in [1.54, 1.807) is 11.3 Å². The van der Waals surface area contributed by atoms with Crippen LogP contribution in [0.4, 0.5) is 0 Å². The molecule has 2 aromatic heterocycles. The molecule has 3 heterocycles. The van der Waals surface area contributed by atoms with E-state index in [1.165, 1.54) is 5.56 Å². The monoisotopic (exact) mass is 340 g/mol. The number of amides is 1. The van der Waals surface area contributed by atoms with Crippen LogP contribution in [-0.4, -0.2) is 51.3 Å². The number of rotatable bonds is 4. The molecule has 124 valence electrons. The summed E-state index contributed by atoms with van der Waals surface area (Å²) in [4.78, 5) is 22.3. The summed E-state index contributed by atoms with van der Waals surface area (Å²) in [5.41, 5.74) is 2.19. The molecule has 1 aliphatic heterocycles. The molecule has 6 heteroatoms. The molecular weight excluding hydrogens is 320 g/mol. The Hall–Kier alpha value is -2.18. The van der Waals surface area contributed by atoms with Gasteiger partial charge in [0.05, 0.1) is 12.1 Å². The molecule has 1 aliphatic rings. The maximum absolute atomic E-state index is 12.5. The Kier molecular flexibility index (Phi) is 4.32. The first kappa shape index (κ1) is 15.4. The van der Waals surface area contributed by atoms with Crippen LogP contribution in [0.15, 0.2) is 48.1 Å². The highest BCUT2D eigenvalue weighted by atomic mass is 32.1. The van der Waals surface area contributed by atoms with Gasteiger partial charge in [0.1, 0.15) is 0 Å². The fourth-order valence-electron chi connectivity index (χ4n) is 3.13. The molecule has 0 bridgehead atoms. The Labute approximate surface area is 145 Å². The molecule has 5 nitrogen and oxygen atoms in total. The first-order chi connectivity index (χ1) is 11.8. The molecule has 0 saturated carbocycles. The smallest absolute Gasteiger partial charge is 0.228 e. The quantitative estimate of drug-likeness (QED) is 0.732. The van der Waals surface area contributed by atoms with E-state index in [-0.39, 0.29) is 5.91 Å². The Balaban J connectivity index is 1.30. The molecule has 0 N–H and O–H groups in total. The van der Waals surface area contributed by atoms with Crippen molar-refractivity contribution in [1.82, 2.24) is 19.2 Å². The van der Waals surface area contributed by atoms with E-state index in [2.05, 4.69) is 34.1 Å². The zero-order chi connectivity index (χ0) is 16.4. The van der Waals surface area contributed by atoms with Crippen molar-refractivity contribution in [2.75, 3.05) is 26.2 Å². The summed E-state index contributed by atoms with van der Waals surface area (Å²) >= 11 is 1.59. The minimum atomic E-state index is 0.181. The van der Waals surface area contributed by atoms with Gasteiger partial charge in [-0.3, -0.25) is 14.1 Å². The van der Waals surface area contributed by atoms with Crippen LogP contribution in [0.5, 0.6) is 0 Å². The van der Waals surface area contributed by atoms with E-state index < -0.39 is 0 Å². The van der Waals surface area contributed by atoms with Gasteiger partial charge in [0.15, 0.2) is 4.96 Å². The zero-order valence-electron chi connectivity index (χ0n) is 13.5. The highest BCUT2D eigenvalue weighted by Gasteiger charge is 2.22. The molecule has 1 saturated heterocycles. The molecule has 0 aliphatic carbocycles. The molecule has 3 aromatic rings. The average Bonchev–Trinajstić information content (AvgIpc) is 3.18. The fourth-order valence-corrected chi connectivity index (χ4v) is 3.84. The SMILES string of the molecule is O=C(Cc1cn2ccsc2n1)N1CCN(Cc2ccccc2)CC1. The van der Waals surface area contributed by atoms with Gasteiger partial charge >= 0.3 is 0 Å². The number of hydrogen-bond acceptors (Lipinski definition) is 4. The van der Waals surface area contributed by atoms with Crippen molar-refractivity contribution < 1.29 is 4.79 Å². The molecule has 1 fully saturated rings. The standard InChI is InChI=1S/C18H20N4OS/c23-17(12-16-14-22-10-11-24-18(22)19-16)21-8-6-20(7-9-21)13-15-4-2-1-3-5-15/h1-5,10-11,14H,6-9,12-13H2. The number of aromatic nitrogens is 2. The highest BCUT2D eigenvalue weighted by molar-refractivity contribution is 7.15. The largest absolute Gasteiger partial charge is 0.340 e. The average molecular weight is 340 g/mol. The maximum Gasteiger partial charge on any atom is 0.228 e. The summed E-state index contributed by atoms with van der Waals surface area (Å²) in [5, 5.41) is 2.00. The van der Waals surface area contributed by atoms with Gasteiger partial charge in [0, 0.05) is 50.5 Å². The maximum atomic E-state index is 12.5. The number of benzene rings is 1. The third-order valence-corrected chi connectivity index (χ3v) is 5.22. The zero-order valence-corrected chi connectivity index (χ0v) is 14.3. The van der Waals surface area contributed by atoms with Crippen LogP contribution in [-0.2, 0) is 17.8 Å². The molecule has 0 radical (unpaired) electrons. The van der Waals surface area contributed by atoms with Crippen molar-refractivity contribution in [2.45, 2.75) is 13.0 Å². The van der Waals surface area contributed by atoms with Crippen LogP contribution in [0.3, 0.4) is 0 Å². The number of imidazole rings is 1. The Morgan fingerprint density at radius 1 is 1.12 bits per heavy atom. The van der Waals surface area contributed by atoms with Crippen LogP contribution in [0.25, 0.3) is 4.96 Å². The Morgan fingerprint density at radius 3 is 2.67 bits per heavy atom. The number of nitrogens with zero attached hydrogens (tertiary/aromatic N) is 4. The molecule has 1 amide bonds. The van der Waals surface area contributed by atoms with Crippen LogP contribution in [0.2, 0.25) is 0 Å². The van der Waals surface area contributed by atoms with Gasteiger partial charge in [0.25, 0.3) is 0 Å². The lowest BCUT2D eigenvalue weighted by Crippen LogP contribution is -2.48. The van der Waals surface area contributed by atoms with Gasteiger partial charge in [0.2, 0.25) is 5.91 Å². The second-order valence-corrected chi connectivity index (χ2v) is 7.02. The third-order valence-electron chi connectivity index (χ3n) is 4.45. The Bertz CT molecular complexity index is 789. The molecule has 4 rings (SSSR count). The minimum absolute atomic E-state index is 0.181. The lowest BCUT2D eigenvalue weighted by Gasteiger charge is -2.34. The number of fused-ring (bicyclic) bond motifs is 1. The van der Waals surface area contributed by atoms with Crippen LogP contribution in [0.1, 0.15) is 11.3 Å². The summed E-state index contributed by atoms with van der Waals surface area (Å²) in [6.45, 7) is 4.42. The van der Waals surface area contributed by atoms with Gasteiger partial charge in [-0.15, -0.1) is 11.3 Å². The van der Waals surface area contributed by atoms with Gasteiger partial charge < -0.3 is 4.90 Å². The van der Waals surface area contributed by atoms with Crippen molar-refractivity contribution in [1.29, 1.82) is 0 Å². The first-order valence-corrected chi connectivity index (χ1v) is 9.11. The predicted octanol–water partition coefficient (Wildman–Crippen LogP) is 2.28. The Morgan fingerprint density at radius 2 is 1.92 bits per heavy atom. The van der Waals surface area contributed by atoms with Crippen molar-refractivity contribution in [2.24, 2.45) is 0 Å². The molecule has 0 unspecified atom stereocenters. The molecular formula is C18H20N4OS. The van der Waals surface area contributed by atoms with Crippen molar-refractivity contribution >= 4 is 22.2 Å². The van der Waals surface area contributed by atoms with E-state index in [0.29, 0.717) is 6.42 Å². The second-order valence-electron chi connectivity index (χ2n) is 6.14. The topological polar surface area (TPSA) is 40.9 Å². The number of thiazole rings is 1. The molecule has 1 aromatic carbocycles. The number of carbonyl (C=O) groups is 1.